The van der Waals surface area contributed by atoms with Crippen LogP contribution in [0.15, 0.2) is 42.5 Å². The summed E-state index contributed by atoms with van der Waals surface area (Å²) in [4.78, 5) is 12.2. The molecule has 0 fully saturated rings. The summed E-state index contributed by atoms with van der Waals surface area (Å²) in [6, 6.07) is 11.4. The molecule has 0 bridgehead atoms. The molecular formula is C17H18FNO2. The average Bonchev–Trinajstić information content (AvgIpc) is 2.45. The molecule has 0 aliphatic heterocycles. The van der Waals surface area contributed by atoms with Gasteiger partial charge in [-0.2, -0.15) is 0 Å². The van der Waals surface area contributed by atoms with Crippen LogP contribution in [-0.2, 0) is 4.79 Å². The SMILES string of the molecule is Cc1cccc(C)c1NC(=O)[C@H](C)Oc1ccc(F)cc1. The van der Waals surface area contributed by atoms with Crippen LogP contribution in [0.4, 0.5) is 10.1 Å². The van der Waals surface area contributed by atoms with Crippen molar-refractivity contribution in [2.24, 2.45) is 0 Å². The summed E-state index contributed by atoms with van der Waals surface area (Å²) in [5, 5.41) is 2.87. The van der Waals surface area contributed by atoms with E-state index >= 15 is 0 Å². The van der Waals surface area contributed by atoms with Gasteiger partial charge in [-0.1, -0.05) is 18.2 Å². The van der Waals surface area contributed by atoms with Crippen LogP contribution in [0.3, 0.4) is 0 Å². The zero-order valence-corrected chi connectivity index (χ0v) is 12.3. The fourth-order valence-corrected chi connectivity index (χ4v) is 2.01. The normalized spacial score (nSPS) is 11.8. The number of halogens is 1. The monoisotopic (exact) mass is 287 g/mol. The summed E-state index contributed by atoms with van der Waals surface area (Å²) < 4.78 is 18.3. The fourth-order valence-electron chi connectivity index (χ4n) is 2.01. The van der Waals surface area contributed by atoms with Crippen molar-refractivity contribution in [1.29, 1.82) is 0 Å². The van der Waals surface area contributed by atoms with Gasteiger partial charge in [0.1, 0.15) is 11.6 Å². The molecule has 0 heterocycles. The lowest BCUT2D eigenvalue weighted by Gasteiger charge is -2.17. The van der Waals surface area contributed by atoms with Crippen LogP contribution in [0.2, 0.25) is 0 Å². The molecule has 0 radical (unpaired) electrons. The Balaban J connectivity index is 2.04. The smallest absolute Gasteiger partial charge is 0.265 e. The number of ether oxygens (including phenoxy) is 1. The van der Waals surface area contributed by atoms with E-state index < -0.39 is 6.10 Å². The highest BCUT2D eigenvalue weighted by Gasteiger charge is 2.16. The lowest BCUT2D eigenvalue weighted by molar-refractivity contribution is -0.122. The molecule has 0 spiro atoms. The second-order valence-electron chi connectivity index (χ2n) is 4.97. The minimum Gasteiger partial charge on any atom is -0.481 e. The van der Waals surface area contributed by atoms with E-state index in [1.165, 1.54) is 24.3 Å². The largest absolute Gasteiger partial charge is 0.481 e. The second kappa shape index (κ2) is 6.39. The molecule has 0 aliphatic rings. The number of amides is 1. The highest BCUT2D eigenvalue weighted by Crippen LogP contribution is 2.20. The maximum Gasteiger partial charge on any atom is 0.265 e. The predicted molar refractivity (Wildman–Crippen MR) is 81.0 cm³/mol. The maximum atomic E-state index is 12.8. The van der Waals surface area contributed by atoms with Gasteiger partial charge in [0.25, 0.3) is 5.91 Å². The Hall–Kier alpha value is -2.36. The van der Waals surface area contributed by atoms with Crippen molar-refractivity contribution in [2.75, 3.05) is 5.32 Å². The molecular weight excluding hydrogens is 269 g/mol. The number of hydrogen-bond acceptors (Lipinski definition) is 2. The third kappa shape index (κ3) is 3.81. The van der Waals surface area contributed by atoms with Gasteiger partial charge in [0.05, 0.1) is 0 Å². The molecule has 0 saturated carbocycles. The van der Waals surface area contributed by atoms with Crippen LogP contribution in [0.1, 0.15) is 18.1 Å². The van der Waals surface area contributed by atoms with Gasteiger partial charge in [0.2, 0.25) is 0 Å². The van der Waals surface area contributed by atoms with Crippen molar-refractivity contribution in [3.05, 3.63) is 59.4 Å². The van der Waals surface area contributed by atoms with E-state index in [1.54, 1.807) is 6.92 Å². The molecule has 1 N–H and O–H groups in total. The highest BCUT2D eigenvalue weighted by molar-refractivity contribution is 5.95. The van der Waals surface area contributed by atoms with Crippen LogP contribution >= 0.6 is 0 Å². The Morgan fingerprint density at radius 1 is 1.10 bits per heavy atom. The highest BCUT2D eigenvalue weighted by atomic mass is 19.1. The standard InChI is InChI=1S/C17H18FNO2/c1-11-5-4-6-12(2)16(11)19-17(20)13(3)21-15-9-7-14(18)8-10-15/h4-10,13H,1-3H3,(H,19,20)/t13-/m0/s1. The third-order valence-corrected chi connectivity index (χ3v) is 3.23. The first-order valence-corrected chi connectivity index (χ1v) is 6.76. The van der Waals surface area contributed by atoms with Crippen molar-refractivity contribution in [1.82, 2.24) is 0 Å². The second-order valence-corrected chi connectivity index (χ2v) is 4.97. The van der Waals surface area contributed by atoms with Gasteiger partial charge in [0, 0.05) is 5.69 Å². The van der Waals surface area contributed by atoms with Crippen LogP contribution in [0, 0.1) is 19.7 Å². The molecule has 2 aromatic rings. The zero-order chi connectivity index (χ0) is 15.4. The molecule has 0 aromatic heterocycles. The molecule has 2 rings (SSSR count). The van der Waals surface area contributed by atoms with Gasteiger partial charge < -0.3 is 10.1 Å². The van der Waals surface area contributed by atoms with Gasteiger partial charge in [-0.25, -0.2) is 4.39 Å². The van der Waals surface area contributed by atoms with Gasteiger partial charge in [-0.05, 0) is 56.2 Å². The van der Waals surface area contributed by atoms with Crippen molar-refractivity contribution >= 4 is 11.6 Å². The predicted octanol–water partition coefficient (Wildman–Crippen LogP) is 3.85. The van der Waals surface area contributed by atoms with E-state index in [0.29, 0.717) is 5.75 Å². The van der Waals surface area contributed by atoms with E-state index in [9.17, 15) is 9.18 Å². The fraction of sp³-hybridized carbons (Fsp3) is 0.235. The Morgan fingerprint density at radius 2 is 1.67 bits per heavy atom. The number of rotatable bonds is 4. The molecule has 2 aromatic carbocycles. The van der Waals surface area contributed by atoms with Crippen molar-refractivity contribution in [3.63, 3.8) is 0 Å². The van der Waals surface area contributed by atoms with E-state index in [2.05, 4.69) is 5.32 Å². The number of nitrogens with one attached hydrogen (secondary N) is 1. The van der Waals surface area contributed by atoms with E-state index in [4.69, 9.17) is 4.74 Å². The first-order valence-electron chi connectivity index (χ1n) is 6.76. The quantitative estimate of drug-likeness (QED) is 0.927. The summed E-state index contributed by atoms with van der Waals surface area (Å²) in [5.41, 5.74) is 2.80. The Morgan fingerprint density at radius 3 is 2.24 bits per heavy atom. The molecule has 21 heavy (non-hydrogen) atoms. The van der Waals surface area contributed by atoms with Crippen LogP contribution in [0.25, 0.3) is 0 Å². The number of aryl methyl sites for hydroxylation is 2. The minimum absolute atomic E-state index is 0.239. The lowest BCUT2D eigenvalue weighted by atomic mass is 10.1. The third-order valence-electron chi connectivity index (χ3n) is 3.23. The molecule has 3 nitrogen and oxygen atoms in total. The average molecular weight is 287 g/mol. The number of carbonyl (C=O) groups excluding carboxylic acids is 1. The van der Waals surface area contributed by atoms with Gasteiger partial charge in [-0.3, -0.25) is 4.79 Å². The van der Waals surface area contributed by atoms with Crippen LogP contribution in [0.5, 0.6) is 5.75 Å². The Kier molecular flexibility index (Phi) is 4.58. The lowest BCUT2D eigenvalue weighted by Crippen LogP contribution is -2.30. The van der Waals surface area contributed by atoms with Crippen molar-refractivity contribution < 1.29 is 13.9 Å². The first-order chi connectivity index (χ1) is 9.97. The van der Waals surface area contributed by atoms with Crippen molar-refractivity contribution in [2.45, 2.75) is 26.9 Å². The summed E-state index contributed by atoms with van der Waals surface area (Å²) in [6.07, 6.45) is -0.672. The van der Waals surface area contributed by atoms with E-state index in [-0.39, 0.29) is 11.7 Å². The number of hydrogen-bond donors (Lipinski definition) is 1. The Bertz CT molecular complexity index is 617. The number of para-hydroxylation sites is 1. The van der Waals surface area contributed by atoms with Crippen molar-refractivity contribution in [3.8, 4) is 5.75 Å². The molecule has 0 saturated heterocycles. The molecule has 110 valence electrons. The van der Waals surface area contributed by atoms with Gasteiger partial charge in [-0.15, -0.1) is 0 Å². The maximum absolute atomic E-state index is 12.8. The topological polar surface area (TPSA) is 38.3 Å². The van der Waals surface area contributed by atoms with Crippen LogP contribution < -0.4 is 10.1 Å². The summed E-state index contributed by atoms with van der Waals surface area (Å²) >= 11 is 0. The summed E-state index contributed by atoms with van der Waals surface area (Å²) in [7, 11) is 0. The zero-order valence-electron chi connectivity index (χ0n) is 12.3. The van der Waals surface area contributed by atoms with Gasteiger partial charge in [0.15, 0.2) is 6.10 Å². The summed E-state index contributed by atoms with van der Waals surface area (Å²) in [6.45, 7) is 5.54. The minimum atomic E-state index is -0.672. The molecule has 0 unspecified atom stereocenters. The molecule has 1 amide bonds. The Labute approximate surface area is 123 Å². The molecule has 1 atom stereocenters. The van der Waals surface area contributed by atoms with Crippen LogP contribution in [-0.4, -0.2) is 12.0 Å². The first kappa shape index (κ1) is 15.0. The number of carbonyl (C=O) groups is 1. The molecule has 4 heteroatoms. The molecule has 0 aliphatic carbocycles. The van der Waals surface area contributed by atoms with Gasteiger partial charge >= 0.3 is 0 Å². The number of benzene rings is 2. The van der Waals surface area contributed by atoms with E-state index in [0.717, 1.165) is 16.8 Å². The van der Waals surface area contributed by atoms with E-state index in [1.807, 2.05) is 32.0 Å². The summed E-state index contributed by atoms with van der Waals surface area (Å²) in [5.74, 6) is -0.118. The number of anilines is 1.